The zero-order valence-electron chi connectivity index (χ0n) is 20.0. The molecule has 8 heteroatoms. The van der Waals surface area contributed by atoms with E-state index in [1.165, 1.54) is 5.56 Å². The van der Waals surface area contributed by atoms with E-state index in [-0.39, 0.29) is 24.0 Å². The number of nitrogens with one attached hydrogen (secondary N) is 2. The Morgan fingerprint density at radius 2 is 1.85 bits per heavy atom. The lowest BCUT2D eigenvalue weighted by Gasteiger charge is -2.42. The fraction of sp³-hybridized carbons (Fsp3) is 0.423. The SMILES string of the molecule is COc1ccc(CN2CCN3Cc4nc(c5ccccc5n4)N[C@@H](C(C)C)C(=O)NC3C2)cc1. The standard InChI is InChI=1S/C26H32N6O2/c1-17(2)24-26(33)29-23-16-31(14-18-8-10-19(34-3)11-9-18)12-13-32(23)15-22-27-21-7-5-4-6-20(21)25(28-22)30-24/h4-11,17,23-24H,12-16H2,1-3H3,(H,29,33)(H,27,28,30)/t23?,24-/m0/s1. The van der Waals surface area contributed by atoms with Crippen molar-refractivity contribution in [2.24, 2.45) is 5.92 Å². The molecular weight excluding hydrogens is 428 g/mol. The molecule has 8 nitrogen and oxygen atoms in total. The molecule has 2 aliphatic rings. The molecule has 2 aliphatic heterocycles. The third-order valence-electron chi connectivity index (χ3n) is 6.68. The summed E-state index contributed by atoms with van der Waals surface area (Å²) in [6.07, 6.45) is -0.112. The molecule has 178 valence electrons. The Hall–Kier alpha value is -3.23. The second-order valence-corrected chi connectivity index (χ2v) is 9.45. The van der Waals surface area contributed by atoms with Crippen LogP contribution in [0.1, 0.15) is 25.2 Å². The molecule has 0 radical (unpaired) electrons. The molecule has 34 heavy (non-hydrogen) atoms. The van der Waals surface area contributed by atoms with E-state index in [1.54, 1.807) is 7.11 Å². The molecule has 3 aromatic rings. The fourth-order valence-electron chi connectivity index (χ4n) is 4.76. The maximum atomic E-state index is 13.4. The number of methoxy groups -OCH3 is 1. The van der Waals surface area contributed by atoms with Crippen molar-refractivity contribution in [3.05, 3.63) is 59.9 Å². The highest BCUT2D eigenvalue weighted by atomic mass is 16.5. The number of fused-ring (bicyclic) bond motifs is 5. The van der Waals surface area contributed by atoms with E-state index in [0.717, 1.165) is 54.5 Å². The van der Waals surface area contributed by atoms with Crippen LogP contribution in [-0.2, 0) is 17.9 Å². The predicted octanol–water partition coefficient (Wildman–Crippen LogP) is 2.85. The van der Waals surface area contributed by atoms with Gasteiger partial charge in [-0.3, -0.25) is 14.6 Å². The quantitative estimate of drug-likeness (QED) is 0.620. The Morgan fingerprint density at radius 1 is 1.06 bits per heavy atom. The van der Waals surface area contributed by atoms with Gasteiger partial charge >= 0.3 is 0 Å². The molecular formula is C26H32N6O2. The second-order valence-electron chi connectivity index (χ2n) is 9.45. The molecule has 2 aromatic carbocycles. The van der Waals surface area contributed by atoms with Gasteiger partial charge in [0.15, 0.2) is 0 Å². The van der Waals surface area contributed by atoms with Crippen LogP contribution in [0, 0.1) is 5.92 Å². The van der Waals surface area contributed by atoms with Crippen molar-refractivity contribution in [3.63, 3.8) is 0 Å². The number of carbonyl (C=O) groups is 1. The number of benzene rings is 2. The molecule has 1 fully saturated rings. The third kappa shape index (κ3) is 4.69. The average molecular weight is 461 g/mol. The van der Waals surface area contributed by atoms with Gasteiger partial charge in [0, 0.05) is 31.6 Å². The number of hydrogen-bond donors (Lipinski definition) is 2. The van der Waals surface area contributed by atoms with Crippen molar-refractivity contribution >= 4 is 22.6 Å². The fourth-order valence-corrected chi connectivity index (χ4v) is 4.76. The van der Waals surface area contributed by atoms with E-state index >= 15 is 0 Å². The molecule has 0 saturated carbocycles. The van der Waals surface area contributed by atoms with Crippen molar-refractivity contribution in [1.82, 2.24) is 25.1 Å². The van der Waals surface area contributed by atoms with Crippen LogP contribution in [0.3, 0.4) is 0 Å². The minimum absolute atomic E-state index is 0.00226. The molecule has 3 heterocycles. The summed E-state index contributed by atoms with van der Waals surface area (Å²) >= 11 is 0. The van der Waals surface area contributed by atoms with E-state index in [0.29, 0.717) is 6.54 Å². The molecule has 2 N–H and O–H groups in total. The number of aromatic nitrogens is 2. The molecule has 1 unspecified atom stereocenters. The number of piperazine rings is 1. The summed E-state index contributed by atoms with van der Waals surface area (Å²) in [5.74, 6) is 2.46. The lowest BCUT2D eigenvalue weighted by atomic mass is 10.0. The van der Waals surface area contributed by atoms with Crippen molar-refractivity contribution in [1.29, 1.82) is 0 Å². The highest BCUT2D eigenvalue weighted by Gasteiger charge is 2.33. The van der Waals surface area contributed by atoms with Gasteiger partial charge in [0.1, 0.15) is 23.4 Å². The van der Waals surface area contributed by atoms with Crippen molar-refractivity contribution < 1.29 is 9.53 Å². The Morgan fingerprint density at radius 3 is 2.62 bits per heavy atom. The van der Waals surface area contributed by atoms with E-state index in [4.69, 9.17) is 14.7 Å². The number of nitrogens with zero attached hydrogens (tertiary/aromatic N) is 4. The Bertz CT molecular complexity index is 1170. The maximum Gasteiger partial charge on any atom is 0.244 e. The predicted molar refractivity (Wildman–Crippen MR) is 132 cm³/mol. The summed E-state index contributed by atoms with van der Waals surface area (Å²) in [5.41, 5.74) is 2.12. The Labute approximate surface area is 200 Å². The number of para-hydroxylation sites is 1. The Kier molecular flexibility index (Phi) is 6.34. The zero-order valence-corrected chi connectivity index (χ0v) is 20.0. The summed E-state index contributed by atoms with van der Waals surface area (Å²) < 4.78 is 5.28. The molecule has 1 aromatic heterocycles. The number of carbonyl (C=O) groups excluding carboxylic acids is 1. The molecule has 1 saturated heterocycles. The van der Waals surface area contributed by atoms with Crippen LogP contribution in [-0.4, -0.2) is 64.6 Å². The lowest BCUT2D eigenvalue weighted by Crippen LogP contribution is -2.62. The summed E-state index contributed by atoms with van der Waals surface area (Å²) in [6.45, 7) is 8.00. The largest absolute Gasteiger partial charge is 0.497 e. The van der Waals surface area contributed by atoms with E-state index in [1.807, 2.05) is 36.4 Å². The first-order valence-corrected chi connectivity index (χ1v) is 11.9. The van der Waals surface area contributed by atoms with E-state index in [9.17, 15) is 4.79 Å². The first-order chi connectivity index (χ1) is 16.5. The number of amides is 1. The minimum atomic E-state index is -0.386. The molecule has 2 bridgehead atoms. The third-order valence-corrected chi connectivity index (χ3v) is 6.68. The van der Waals surface area contributed by atoms with Gasteiger partial charge in [-0.15, -0.1) is 0 Å². The smallest absolute Gasteiger partial charge is 0.244 e. The van der Waals surface area contributed by atoms with Crippen molar-refractivity contribution in [3.8, 4) is 5.75 Å². The van der Waals surface area contributed by atoms with Crippen LogP contribution in [0.5, 0.6) is 5.75 Å². The number of ether oxygens (including phenoxy) is 1. The van der Waals surface area contributed by atoms with Gasteiger partial charge in [0.25, 0.3) is 0 Å². The normalized spacial score (nSPS) is 21.6. The number of anilines is 1. The number of hydrogen-bond acceptors (Lipinski definition) is 7. The van der Waals surface area contributed by atoms with Crippen molar-refractivity contribution in [2.45, 2.75) is 39.1 Å². The van der Waals surface area contributed by atoms with Crippen LogP contribution >= 0.6 is 0 Å². The summed E-state index contributed by atoms with van der Waals surface area (Å²) in [7, 11) is 1.68. The molecule has 1 amide bonds. The first-order valence-electron chi connectivity index (χ1n) is 11.9. The van der Waals surface area contributed by atoms with Crippen LogP contribution in [0.4, 0.5) is 5.82 Å². The van der Waals surface area contributed by atoms with Crippen LogP contribution < -0.4 is 15.4 Å². The summed E-state index contributed by atoms with van der Waals surface area (Å²) in [5, 5.41) is 7.69. The molecule has 2 atom stereocenters. The molecule has 0 spiro atoms. The van der Waals surface area contributed by atoms with Gasteiger partial charge in [-0.2, -0.15) is 0 Å². The van der Waals surface area contributed by atoms with Gasteiger partial charge < -0.3 is 15.4 Å². The first kappa shape index (κ1) is 22.6. The molecule has 5 rings (SSSR count). The van der Waals surface area contributed by atoms with Gasteiger partial charge in [0.2, 0.25) is 5.91 Å². The van der Waals surface area contributed by atoms with Gasteiger partial charge in [-0.05, 0) is 35.7 Å². The zero-order chi connectivity index (χ0) is 23.7. The van der Waals surface area contributed by atoms with Gasteiger partial charge in [-0.25, -0.2) is 9.97 Å². The van der Waals surface area contributed by atoms with Gasteiger partial charge in [0.05, 0.1) is 25.3 Å². The van der Waals surface area contributed by atoms with Crippen LogP contribution in [0.2, 0.25) is 0 Å². The number of rotatable bonds is 4. The van der Waals surface area contributed by atoms with Crippen molar-refractivity contribution in [2.75, 3.05) is 32.1 Å². The Balaban J connectivity index is 1.42. The van der Waals surface area contributed by atoms with E-state index in [2.05, 4.69) is 46.4 Å². The van der Waals surface area contributed by atoms with Crippen LogP contribution in [0.25, 0.3) is 10.9 Å². The minimum Gasteiger partial charge on any atom is -0.497 e. The van der Waals surface area contributed by atoms with Gasteiger partial charge in [-0.1, -0.05) is 38.1 Å². The lowest BCUT2D eigenvalue weighted by molar-refractivity contribution is -0.125. The molecule has 0 aliphatic carbocycles. The summed E-state index contributed by atoms with van der Waals surface area (Å²) in [4.78, 5) is 27.8. The van der Waals surface area contributed by atoms with Crippen LogP contribution in [0.15, 0.2) is 48.5 Å². The monoisotopic (exact) mass is 460 g/mol. The van der Waals surface area contributed by atoms with E-state index < -0.39 is 0 Å². The highest BCUT2D eigenvalue weighted by molar-refractivity contribution is 5.92. The summed E-state index contributed by atoms with van der Waals surface area (Å²) in [6, 6.07) is 15.8. The second kappa shape index (κ2) is 9.56. The maximum absolute atomic E-state index is 13.4. The topological polar surface area (TPSA) is 82.6 Å². The highest BCUT2D eigenvalue weighted by Crippen LogP contribution is 2.25. The average Bonchev–Trinajstić information content (AvgIpc) is 2.84.